The molecule has 0 saturated carbocycles. The predicted octanol–water partition coefficient (Wildman–Crippen LogP) is 3.17. The number of hydrogen-bond donors (Lipinski definition) is 1. The van der Waals surface area contributed by atoms with Crippen molar-refractivity contribution < 1.29 is 13.2 Å². The number of nitrogens with zero attached hydrogens (tertiary/aromatic N) is 2. The fourth-order valence-corrected chi connectivity index (χ4v) is 2.77. The van der Waals surface area contributed by atoms with Gasteiger partial charge in [0.1, 0.15) is 0 Å². The molecule has 102 valence electrons. The first-order valence-corrected chi connectivity index (χ1v) is 6.36. The summed E-state index contributed by atoms with van der Waals surface area (Å²) in [6.45, 7) is 1.81. The molecule has 2 aromatic heterocycles. The fraction of sp³-hybridized carbons (Fsp3) is 0.333. The second-order valence-corrected chi connectivity index (χ2v) is 5.23. The average Bonchev–Trinajstić information content (AvgIpc) is 2.76. The second-order valence-electron chi connectivity index (χ2n) is 3.96. The first-order valence-electron chi connectivity index (χ1n) is 5.54. The molecule has 0 radical (unpaired) electrons. The number of pyridine rings is 1. The number of alkyl halides is 3. The molecule has 7 heteroatoms. The minimum atomic E-state index is -4.40. The van der Waals surface area contributed by atoms with Gasteiger partial charge >= 0.3 is 6.18 Å². The number of halogens is 3. The van der Waals surface area contributed by atoms with Gasteiger partial charge in [-0.2, -0.15) is 13.2 Å². The molecule has 2 aromatic rings. The molecular formula is C12H12F3N3S. The lowest BCUT2D eigenvalue weighted by atomic mass is 10.0. The second kappa shape index (κ2) is 5.26. The first-order chi connectivity index (χ1) is 8.93. The van der Waals surface area contributed by atoms with E-state index in [1.165, 1.54) is 17.5 Å². The number of thiazole rings is 1. The summed E-state index contributed by atoms with van der Waals surface area (Å²) in [5.41, 5.74) is -0.561. The maximum absolute atomic E-state index is 13.0. The summed E-state index contributed by atoms with van der Waals surface area (Å²) in [5, 5.41) is 3.70. The molecule has 0 aliphatic rings. The van der Waals surface area contributed by atoms with Crippen LogP contribution in [0.25, 0.3) is 0 Å². The Bertz CT molecular complexity index is 565. The molecule has 2 heterocycles. The number of aromatic nitrogens is 2. The molecule has 1 unspecified atom stereocenters. The van der Waals surface area contributed by atoms with Crippen molar-refractivity contribution in [2.45, 2.75) is 19.1 Å². The zero-order valence-corrected chi connectivity index (χ0v) is 11.1. The van der Waals surface area contributed by atoms with Crippen molar-refractivity contribution in [2.75, 3.05) is 7.05 Å². The van der Waals surface area contributed by atoms with Gasteiger partial charge in [-0.05, 0) is 20.0 Å². The van der Waals surface area contributed by atoms with Crippen molar-refractivity contribution >= 4 is 11.3 Å². The molecule has 1 N–H and O–H groups in total. The summed E-state index contributed by atoms with van der Waals surface area (Å²) in [4.78, 5) is 8.62. The Balaban J connectivity index is 2.50. The zero-order valence-electron chi connectivity index (χ0n) is 10.3. The van der Waals surface area contributed by atoms with E-state index in [0.717, 1.165) is 22.1 Å². The standard InChI is InChI=1S/C12H12F3N3S/c1-7-18-6-10(19-7)11(16-2)8-5-17-4-3-9(8)12(13,14)15/h3-6,11,16H,1-2H3. The molecule has 2 rings (SSSR count). The molecule has 19 heavy (non-hydrogen) atoms. The lowest BCUT2D eigenvalue weighted by molar-refractivity contribution is -0.138. The van der Waals surface area contributed by atoms with E-state index in [-0.39, 0.29) is 5.56 Å². The third kappa shape index (κ3) is 2.93. The van der Waals surface area contributed by atoms with Crippen LogP contribution in [0.3, 0.4) is 0 Å². The average molecular weight is 287 g/mol. The van der Waals surface area contributed by atoms with E-state index in [4.69, 9.17) is 0 Å². The molecule has 0 bridgehead atoms. The van der Waals surface area contributed by atoms with Crippen LogP contribution in [-0.2, 0) is 6.18 Å². The van der Waals surface area contributed by atoms with Crippen molar-refractivity contribution in [3.8, 4) is 0 Å². The van der Waals surface area contributed by atoms with Crippen molar-refractivity contribution in [3.05, 3.63) is 45.7 Å². The maximum atomic E-state index is 13.0. The van der Waals surface area contributed by atoms with Crippen LogP contribution >= 0.6 is 11.3 Å². The van der Waals surface area contributed by atoms with Gasteiger partial charge in [-0.25, -0.2) is 4.98 Å². The minimum Gasteiger partial charge on any atom is -0.309 e. The Morgan fingerprint density at radius 2 is 2.05 bits per heavy atom. The van der Waals surface area contributed by atoms with Crippen LogP contribution in [0.4, 0.5) is 13.2 Å². The maximum Gasteiger partial charge on any atom is 0.416 e. The monoisotopic (exact) mass is 287 g/mol. The Hall–Kier alpha value is -1.47. The highest BCUT2D eigenvalue weighted by Crippen LogP contribution is 2.36. The number of rotatable bonds is 3. The van der Waals surface area contributed by atoms with E-state index in [2.05, 4.69) is 15.3 Å². The van der Waals surface area contributed by atoms with Gasteiger partial charge < -0.3 is 5.32 Å². The first kappa shape index (κ1) is 14.0. The fourth-order valence-electron chi connectivity index (χ4n) is 1.86. The highest BCUT2D eigenvalue weighted by molar-refractivity contribution is 7.11. The zero-order chi connectivity index (χ0) is 14.0. The van der Waals surface area contributed by atoms with Crippen molar-refractivity contribution in [2.24, 2.45) is 0 Å². The predicted molar refractivity (Wildman–Crippen MR) is 67.0 cm³/mol. The van der Waals surface area contributed by atoms with Crippen molar-refractivity contribution in [1.82, 2.24) is 15.3 Å². The van der Waals surface area contributed by atoms with Gasteiger partial charge in [-0.15, -0.1) is 11.3 Å². The number of aryl methyl sites for hydroxylation is 1. The summed E-state index contributed by atoms with van der Waals surface area (Å²) in [7, 11) is 1.62. The van der Waals surface area contributed by atoms with E-state index in [1.807, 2.05) is 6.92 Å². The van der Waals surface area contributed by atoms with Crippen molar-refractivity contribution in [3.63, 3.8) is 0 Å². The molecule has 0 spiro atoms. The lowest BCUT2D eigenvalue weighted by Gasteiger charge is -2.19. The Morgan fingerprint density at radius 3 is 2.58 bits per heavy atom. The van der Waals surface area contributed by atoms with E-state index in [0.29, 0.717) is 0 Å². The molecule has 3 nitrogen and oxygen atoms in total. The summed E-state index contributed by atoms with van der Waals surface area (Å²) in [6.07, 6.45) is -0.405. The SMILES string of the molecule is CNC(c1cnc(C)s1)c1cnccc1C(F)(F)F. The topological polar surface area (TPSA) is 37.8 Å². The van der Waals surface area contributed by atoms with Gasteiger partial charge in [0.2, 0.25) is 0 Å². The van der Waals surface area contributed by atoms with Crippen molar-refractivity contribution in [1.29, 1.82) is 0 Å². The van der Waals surface area contributed by atoms with Crippen LogP contribution in [0, 0.1) is 6.92 Å². The van der Waals surface area contributed by atoms with Gasteiger partial charge in [0.15, 0.2) is 0 Å². The van der Waals surface area contributed by atoms with Crippen LogP contribution < -0.4 is 5.32 Å². The van der Waals surface area contributed by atoms with E-state index < -0.39 is 17.8 Å². The molecule has 0 saturated heterocycles. The normalized spacial score (nSPS) is 13.5. The Kier molecular flexibility index (Phi) is 3.86. The van der Waals surface area contributed by atoms with Crippen LogP contribution in [0.15, 0.2) is 24.7 Å². The third-order valence-electron chi connectivity index (χ3n) is 2.68. The van der Waals surface area contributed by atoms with Crippen LogP contribution in [0.1, 0.15) is 27.1 Å². The minimum absolute atomic E-state index is 0.112. The number of hydrogen-bond acceptors (Lipinski definition) is 4. The Morgan fingerprint density at radius 1 is 1.32 bits per heavy atom. The molecule has 0 amide bonds. The smallest absolute Gasteiger partial charge is 0.309 e. The summed E-state index contributed by atoms with van der Waals surface area (Å²) < 4.78 is 39.0. The summed E-state index contributed by atoms with van der Waals surface area (Å²) in [6, 6.07) is 0.435. The third-order valence-corrected chi connectivity index (χ3v) is 3.66. The van der Waals surface area contributed by atoms with Gasteiger partial charge in [0.25, 0.3) is 0 Å². The Labute approximate surface area is 112 Å². The van der Waals surface area contributed by atoms with E-state index in [1.54, 1.807) is 13.2 Å². The molecule has 1 atom stereocenters. The van der Waals surface area contributed by atoms with Gasteiger partial charge in [0, 0.05) is 29.0 Å². The molecule has 0 fully saturated rings. The molecule has 0 aromatic carbocycles. The summed E-state index contributed by atoms with van der Waals surface area (Å²) >= 11 is 1.37. The number of nitrogens with one attached hydrogen (secondary N) is 1. The molecule has 0 aliphatic carbocycles. The van der Waals surface area contributed by atoms with Gasteiger partial charge in [-0.3, -0.25) is 4.98 Å². The summed E-state index contributed by atoms with van der Waals surface area (Å²) in [5.74, 6) is 0. The van der Waals surface area contributed by atoms with E-state index >= 15 is 0 Å². The molecule has 0 aliphatic heterocycles. The van der Waals surface area contributed by atoms with Crippen LogP contribution in [0.2, 0.25) is 0 Å². The molecular weight excluding hydrogens is 275 g/mol. The van der Waals surface area contributed by atoms with Crippen LogP contribution in [0.5, 0.6) is 0 Å². The largest absolute Gasteiger partial charge is 0.416 e. The van der Waals surface area contributed by atoms with E-state index in [9.17, 15) is 13.2 Å². The lowest BCUT2D eigenvalue weighted by Crippen LogP contribution is -2.21. The van der Waals surface area contributed by atoms with Crippen LogP contribution in [-0.4, -0.2) is 17.0 Å². The highest BCUT2D eigenvalue weighted by Gasteiger charge is 2.35. The quantitative estimate of drug-likeness (QED) is 0.942. The van der Waals surface area contributed by atoms with Gasteiger partial charge in [0.05, 0.1) is 16.6 Å². The van der Waals surface area contributed by atoms with Gasteiger partial charge in [-0.1, -0.05) is 0 Å². The highest BCUT2D eigenvalue weighted by atomic mass is 32.1.